The summed E-state index contributed by atoms with van der Waals surface area (Å²) in [7, 11) is 0. The number of aromatic nitrogens is 1. The maximum Gasteiger partial charge on any atom is 0.410 e. The fraction of sp³-hybridized carbons (Fsp3) is 0.370. The van der Waals surface area contributed by atoms with Crippen LogP contribution in [0.5, 0.6) is 0 Å². The summed E-state index contributed by atoms with van der Waals surface area (Å²) >= 11 is 1.38. The molecular weight excluding hydrogens is 478 g/mol. The normalized spacial score (nSPS) is 13.0. The van der Waals surface area contributed by atoms with Crippen LogP contribution in [-0.2, 0) is 24.3 Å². The molecule has 0 bridgehead atoms. The minimum Gasteiger partial charge on any atom is -0.465 e. The van der Waals surface area contributed by atoms with Crippen LogP contribution in [0, 0.1) is 0 Å². The molecule has 192 valence electrons. The van der Waals surface area contributed by atoms with Crippen molar-refractivity contribution in [2.75, 3.05) is 6.54 Å². The van der Waals surface area contributed by atoms with Gasteiger partial charge in [-0.2, -0.15) is 0 Å². The molecule has 8 nitrogen and oxygen atoms in total. The molecule has 2 atom stereocenters. The lowest BCUT2D eigenvalue weighted by molar-refractivity contribution is -0.00881. The van der Waals surface area contributed by atoms with Gasteiger partial charge in [-0.3, -0.25) is 9.88 Å². The zero-order valence-electron chi connectivity index (χ0n) is 20.8. The second-order valence-electron chi connectivity index (χ2n) is 9.54. The molecule has 0 radical (unpaired) electrons. The summed E-state index contributed by atoms with van der Waals surface area (Å²) in [4.78, 5) is 32.9. The number of hydrogen-bond acceptors (Lipinski definition) is 6. The van der Waals surface area contributed by atoms with E-state index in [0.29, 0.717) is 6.42 Å². The van der Waals surface area contributed by atoms with Crippen molar-refractivity contribution >= 4 is 23.5 Å². The van der Waals surface area contributed by atoms with E-state index in [9.17, 15) is 19.8 Å². The number of amides is 2. The van der Waals surface area contributed by atoms with Crippen molar-refractivity contribution < 1.29 is 24.5 Å². The number of ether oxygens (including phenoxy) is 1. The van der Waals surface area contributed by atoms with Gasteiger partial charge in [-0.15, -0.1) is 11.3 Å². The molecule has 2 aromatic carbocycles. The van der Waals surface area contributed by atoms with Crippen LogP contribution < -0.4 is 0 Å². The molecule has 2 N–H and O–H groups in total. The molecule has 0 aliphatic carbocycles. The van der Waals surface area contributed by atoms with E-state index in [4.69, 9.17) is 4.74 Å². The van der Waals surface area contributed by atoms with E-state index in [-0.39, 0.29) is 19.7 Å². The monoisotopic (exact) mass is 511 g/mol. The molecular formula is C27H33N3O5S. The maximum atomic E-state index is 13.1. The second kappa shape index (κ2) is 12.5. The zero-order valence-corrected chi connectivity index (χ0v) is 21.6. The molecule has 0 spiro atoms. The van der Waals surface area contributed by atoms with Gasteiger partial charge in [-0.05, 0) is 38.3 Å². The van der Waals surface area contributed by atoms with Crippen molar-refractivity contribution in [3.8, 4) is 0 Å². The minimum absolute atomic E-state index is 0.0710. The zero-order chi connectivity index (χ0) is 26.1. The fourth-order valence-electron chi connectivity index (χ4n) is 4.07. The Morgan fingerprint density at radius 3 is 2.17 bits per heavy atom. The summed E-state index contributed by atoms with van der Waals surface area (Å²) in [6, 6.07) is 18.0. The van der Waals surface area contributed by atoms with Crippen molar-refractivity contribution in [3.63, 3.8) is 0 Å². The highest BCUT2D eigenvalue weighted by molar-refractivity contribution is 7.09. The van der Waals surface area contributed by atoms with Crippen molar-refractivity contribution in [2.24, 2.45) is 0 Å². The Kier molecular flexibility index (Phi) is 9.44. The van der Waals surface area contributed by atoms with Crippen molar-refractivity contribution in [1.29, 1.82) is 0 Å². The number of nitrogens with zero attached hydrogens (tertiary/aromatic N) is 3. The van der Waals surface area contributed by atoms with E-state index < -0.39 is 29.9 Å². The number of aliphatic hydroxyl groups excluding tert-OH is 1. The number of hydrogen-bond donors (Lipinski definition) is 2. The Balaban J connectivity index is 1.86. The van der Waals surface area contributed by atoms with E-state index in [1.54, 1.807) is 32.5 Å². The van der Waals surface area contributed by atoms with E-state index in [1.165, 1.54) is 21.1 Å². The lowest BCUT2D eigenvalue weighted by Gasteiger charge is -2.42. The molecule has 0 fully saturated rings. The van der Waals surface area contributed by atoms with E-state index >= 15 is 0 Å². The quantitative estimate of drug-likeness (QED) is 0.396. The topological polar surface area (TPSA) is 103 Å². The van der Waals surface area contributed by atoms with Gasteiger partial charge in [0.15, 0.2) is 0 Å². The summed E-state index contributed by atoms with van der Waals surface area (Å²) in [6.45, 7) is 5.54. The number of carbonyl (C=O) groups excluding carboxylic acids is 1. The predicted molar refractivity (Wildman–Crippen MR) is 139 cm³/mol. The van der Waals surface area contributed by atoms with Gasteiger partial charge < -0.3 is 19.8 Å². The van der Waals surface area contributed by atoms with Gasteiger partial charge >= 0.3 is 12.2 Å². The smallest absolute Gasteiger partial charge is 0.410 e. The molecule has 0 aliphatic heterocycles. The van der Waals surface area contributed by atoms with Gasteiger partial charge in [0.1, 0.15) is 6.61 Å². The summed E-state index contributed by atoms with van der Waals surface area (Å²) < 4.78 is 5.51. The first-order chi connectivity index (χ1) is 17.1. The largest absolute Gasteiger partial charge is 0.465 e. The van der Waals surface area contributed by atoms with Crippen LogP contribution in [0.1, 0.15) is 36.8 Å². The van der Waals surface area contributed by atoms with Gasteiger partial charge in [0, 0.05) is 18.3 Å². The van der Waals surface area contributed by atoms with Gasteiger partial charge in [0.05, 0.1) is 29.1 Å². The van der Waals surface area contributed by atoms with Crippen LogP contribution in [0.15, 0.2) is 72.4 Å². The van der Waals surface area contributed by atoms with Gasteiger partial charge in [-0.25, -0.2) is 9.59 Å². The number of carbonyl (C=O) groups is 2. The Bertz CT molecular complexity index is 1090. The van der Waals surface area contributed by atoms with E-state index in [2.05, 4.69) is 4.98 Å². The Morgan fingerprint density at radius 2 is 1.64 bits per heavy atom. The van der Waals surface area contributed by atoms with Crippen LogP contribution >= 0.6 is 11.3 Å². The van der Waals surface area contributed by atoms with Crippen molar-refractivity contribution in [2.45, 2.75) is 58.0 Å². The van der Waals surface area contributed by atoms with Crippen LogP contribution in [0.4, 0.5) is 9.59 Å². The van der Waals surface area contributed by atoms with Crippen LogP contribution in [0.3, 0.4) is 0 Å². The first kappa shape index (κ1) is 27.2. The lowest BCUT2D eigenvalue weighted by atomic mass is 9.94. The molecule has 0 aliphatic rings. The number of benzene rings is 2. The molecule has 3 aromatic rings. The molecule has 3 rings (SSSR count). The molecule has 9 heteroatoms. The third-order valence-electron chi connectivity index (χ3n) is 5.70. The molecule has 1 heterocycles. The fourth-order valence-corrected chi connectivity index (χ4v) is 4.58. The molecule has 36 heavy (non-hydrogen) atoms. The van der Waals surface area contributed by atoms with Crippen LogP contribution in [0.25, 0.3) is 0 Å². The first-order valence-electron chi connectivity index (χ1n) is 11.7. The highest BCUT2D eigenvalue weighted by Crippen LogP contribution is 2.24. The summed E-state index contributed by atoms with van der Waals surface area (Å²) in [6.07, 6.45) is -0.966. The van der Waals surface area contributed by atoms with E-state index in [1.807, 2.05) is 60.7 Å². The van der Waals surface area contributed by atoms with Crippen LogP contribution in [0.2, 0.25) is 0 Å². The maximum absolute atomic E-state index is 13.1. The molecule has 2 amide bonds. The van der Waals surface area contributed by atoms with Crippen LogP contribution in [-0.4, -0.2) is 61.4 Å². The third-order valence-corrected chi connectivity index (χ3v) is 6.45. The van der Waals surface area contributed by atoms with E-state index in [0.717, 1.165) is 16.0 Å². The highest BCUT2D eigenvalue weighted by Gasteiger charge is 2.38. The van der Waals surface area contributed by atoms with Crippen molar-refractivity contribution in [1.82, 2.24) is 14.8 Å². The SMILES string of the molecule is CC(C)(C)N(C(=O)O)[C@@H](Cc1ccccc1)[C@@H](O)CN(Cc1ccccc1)C(=O)OCc1cncs1. The Hall–Kier alpha value is -3.43. The number of carboxylic acid groups (broad SMARTS) is 1. The molecule has 0 saturated heterocycles. The first-order valence-corrected chi connectivity index (χ1v) is 12.6. The standard InChI is InChI=1S/C27H33N3O5S/c1-27(2,3)30(25(32)33)23(14-20-10-6-4-7-11-20)24(31)17-29(16-21-12-8-5-9-13-21)26(34)35-18-22-15-28-19-36-22/h4-13,15,19,23-24,31H,14,16-18H2,1-3H3,(H,32,33)/t23-,24-/m0/s1. The third kappa shape index (κ3) is 7.79. The molecule has 0 unspecified atom stereocenters. The lowest BCUT2D eigenvalue weighted by Crippen LogP contribution is -2.58. The van der Waals surface area contributed by atoms with Crippen molar-refractivity contribution in [3.05, 3.63) is 88.4 Å². The molecule has 1 aromatic heterocycles. The average molecular weight is 512 g/mol. The summed E-state index contributed by atoms with van der Waals surface area (Å²) in [5.41, 5.74) is 2.64. The minimum atomic E-state index is -1.17. The number of rotatable bonds is 10. The predicted octanol–water partition coefficient (Wildman–Crippen LogP) is 5.03. The second-order valence-corrected chi connectivity index (χ2v) is 10.5. The summed E-state index contributed by atoms with van der Waals surface area (Å²) in [5, 5.41) is 21.5. The average Bonchev–Trinajstić information content (AvgIpc) is 3.35. The Morgan fingerprint density at radius 1 is 1.03 bits per heavy atom. The highest BCUT2D eigenvalue weighted by atomic mass is 32.1. The summed E-state index contributed by atoms with van der Waals surface area (Å²) in [5.74, 6) is 0. The van der Waals surface area contributed by atoms with Gasteiger partial charge in [0.2, 0.25) is 0 Å². The van der Waals surface area contributed by atoms with Gasteiger partial charge in [-0.1, -0.05) is 60.7 Å². The number of aliphatic hydroxyl groups is 1. The Labute approximate surface area is 215 Å². The van der Waals surface area contributed by atoms with Gasteiger partial charge in [0.25, 0.3) is 0 Å². The number of thiazole rings is 1. The molecule has 0 saturated carbocycles.